The molecule has 0 fully saturated rings. The van der Waals surface area contributed by atoms with E-state index in [9.17, 15) is 0 Å². The summed E-state index contributed by atoms with van der Waals surface area (Å²) in [5, 5.41) is 23.5. The Morgan fingerprint density at radius 1 is 0.135 bits per heavy atom. The third kappa shape index (κ3) is 7.98. The van der Waals surface area contributed by atoms with Gasteiger partial charge in [0.25, 0.3) is 0 Å². The molecule has 0 saturated heterocycles. The Bertz CT molecular complexity index is 5870. The van der Waals surface area contributed by atoms with Crippen LogP contribution in [0.5, 0.6) is 0 Å². The minimum Gasteiger partial charge on any atom is -0.305 e. The number of hydrogen-bond donors (Lipinski definition) is 0. The Balaban J connectivity index is 1.01. The van der Waals surface area contributed by atoms with Crippen molar-refractivity contribution in [1.29, 1.82) is 0 Å². The summed E-state index contributed by atoms with van der Waals surface area (Å²) in [5.74, 6) is 0. The molecule has 0 atom stereocenters. The van der Waals surface area contributed by atoms with E-state index in [1.165, 1.54) is 117 Å². The van der Waals surface area contributed by atoms with Crippen molar-refractivity contribution in [2.24, 2.45) is 0 Å². The van der Waals surface area contributed by atoms with Gasteiger partial charge >= 0.3 is 0 Å². The van der Waals surface area contributed by atoms with E-state index >= 15 is 0 Å². The third-order valence-electron chi connectivity index (χ3n) is 21.2. The Hall–Kier alpha value is -11.6. The first-order chi connectivity index (χ1) is 47.7. The molecule has 0 aliphatic rings. The van der Waals surface area contributed by atoms with Gasteiger partial charge in [-0.1, -0.05) is 346 Å². The number of aromatic nitrogens is 3. The predicted molar refractivity (Wildman–Crippen MR) is 415 cm³/mol. The molecule has 15 aromatic carbocycles. The molecule has 19 rings (SSSR count). The maximum Gasteiger partial charge on any atom is 0.179 e. The van der Waals surface area contributed by atoms with E-state index in [4.69, 9.17) is 0 Å². The predicted octanol–water partition coefficient (Wildman–Crippen LogP) is 13.5. The molecule has 3 nitrogen and oxygen atoms in total. The van der Waals surface area contributed by atoms with Gasteiger partial charge in [-0.05, 0) is 98.6 Å². The molecule has 19 aromatic rings. The van der Waals surface area contributed by atoms with E-state index in [-0.39, 0.29) is 0 Å². The highest BCUT2D eigenvalue weighted by Crippen LogP contribution is 2.43. The van der Waals surface area contributed by atoms with Crippen molar-refractivity contribution in [3.05, 3.63) is 382 Å². The van der Waals surface area contributed by atoms with Gasteiger partial charge in [0.05, 0.1) is 49.7 Å². The molecule has 96 heavy (non-hydrogen) atoms. The molecular formula is C90H63N3Si3. The summed E-state index contributed by atoms with van der Waals surface area (Å²) < 4.78 is 7.94. The first-order valence-electron chi connectivity index (χ1n) is 33.4. The van der Waals surface area contributed by atoms with Crippen LogP contribution in [0.2, 0.25) is 0 Å². The first-order valence-corrected chi connectivity index (χ1v) is 39.4. The van der Waals surface area contributed by atoms with Crippen LogP contribution in [0.25, 0.3) is 82.0 Å². The molecule has 0 radical (unpaired) electrons. The smallest absolute Gasteiger partial charge is 0.179 e. The van der Waals surface area contributed by atoms with E-state index in [1.807, 2.05) is 0 Å². The van der Waals surface area contributed by atoms with Crippen LogP contribution in [0.15, 0.2) is 382 Å². The Labute approximate surface area is 560 Å². The summed E-state index contributed by atoms with van der Waals surface area (Å²) in [5.41, 5.74) is 10.4. The molecule has 0 aliphatic carbocycles. The third-order valence-corrected chi connectivity index (χ3v) is 35.5. The van der Waals surface area contributed by atoms with Crippen molar-refractivity contribution in [3.63, 3.8) is 0 Å². The molecule has 4 aromatic heterocycles. The number of hydrogen-bond acceptors (Lipinski definition) is 0. The Morgan fingerprint density at radius 2 is 0.354 bits per heavy atom. The van der Waals surface area contributed by atoms with Crippen LogP contribution < -0.4 is 62.2 Å². The highest BCUT2D eigenvalue weighted by molar-refractivity contribution is 7.21. The van der Waals surface area contributed by atoms with Crippen LogP contribution in [0, 0.1) is 0 Å². The lowest BCUT2D eigenvalue weighted by atomic mass is 10.1. The van der Waals surface area contributed by atoms with Crippen LogP contribution in [-0.2, 0) is 0 Å². The van der Waals surface area contributed by atoms with E-state index in [0.717, 1.165) is 27.6 Å². The first kappa shape index (κ1) is 55.9. The number of benzene rings is 15. The zero-order chi connectivity index (χ0) is 63.4. The molecular weight excluding hydrogens is 1210 g/mol. The van der Waals surface area contributed by atoms with Crippen LogP contribution in [0.4, 0.5) is 0 Å². The summed E-state index contributed by atoms with van der Waals surface area (Å²) in [4.78, 5) is 0. The summed E-state index contributed by atoms with van der Waals surface area (Å²) >= 11 is 0. The highest BCUT2D eigenvalue weighted by atomic mass is 28.3. The van der Waals surface area contributed by atoms with Gasteiger partial charge in [0.15, 0.2) is 24.2 Å². The second-order valence-electron chi connectivity index (χ2n) is 25.8. The average Bonchev–Trinajstić information content (AvgIpc) is 1.51. The van der Waals surface area contributed by atoms with Crippen molar-refractivity contribution in [2.45, 2.75) is 0 Å². The van der Waals surface area contributed by atoms with Crippen LogP contribution >= 0.6 is 0 Å². The summed E-state index contributed by atoms with van der Waals surface area (Å²) in [6.07, 6.45) is 0. The number of fused-ring (bicyclic) bond motifs is 13. The molecule has 0 bridgehead atoms. The minimum absolute atomic E-state index is 1.12. The maximum atomic E-state index is 2.67. The lowest BCUT2D eigenvalue weighted by Gasteiger charge is -2.34. The van der Waals surface area contributed by atoms with E-state index in [1.54, 1.807) is 0 Å². The topological polar surface area (TPSA) is 13.2 Å². The van der Waals surface area contributed by atoms with Crippen molar-refractivity contribution < 1.29 is 0 Å². The largest absolute Gasteiger partial charge is 0.305 e. The second-order valence-corrected chi connectivity index (χ2v) is 37.2. The molecule has 6 heteroatoms. The minimum atomic E-state index is -2.99. The fourth-order valence-electron chi connectivity index (χ4n) is 17.3. The molecule has 450 valence electrons. The van der Waals surface area contributed by atoms with Gasteiger partial charge in [0.1, 0.15) is 0 Å². The monoisotopic (exact) mass is 1270 g/mol. The standard InChI is InChI=1S/C90H63N3Si3/c1-10-31-64(32-11-1)94(65-33-12-2-13-34-65,66-35-14-3-15-36-66)73-53-58-82-79(61-73)76-49-30-52-87-88(76)91(82)85-50-28-29-51-86(85)92-83-59-54-74(95(67-37-16-4-17-38-67,68-39-18-5-19-40-68)69-41-20-6-21-42-69)62-80(83)77-56-57-78-81-63-75(55-60-84(81)93(87)90(78)89(77)92)96(70-43-22-7-23-44-70,71-45-24-8-25-46-71)72-47-26-9-27-48-72/h1-63H. The van der Waals surface area contributed by atoms with Crippen molar-refractivity contribution in [1.82, 2.24) is 13.2 Å². The zero-order valence-corrected chi connectivity index (χ0v) is 55.7. The summed E-state index contributed by atoms with van der Waals surface area (Å²) in [6, 6.07) is 146. The van der Waals surface area contributed by atoms with Crippen molar-refractivity contribution in [3.8, 4) is 0 Å². The lowest BCUT2D eigenvalue weighted by molar-refractivity contribution is 1.30. The van der Waals surface area contributed by atoms with Crippen molar-refractivity contribution in [2.75, 3.05) is 0 Å². The Kier molecular flexibility index (Phi) is 13.0. The summed E-state index contributed by atoms with van der Waals surface area (Å²) in [6.45, 7) is 0. The van der Waals surface area contributed by atoms with E-state index < -0.39 is 24.2 Å². The van der Waals surface area contributed by atoms with Gasteiger partial charge in [0, 0.05) is 32.3 Å². The average molecular weight is 1270 g/mol. The van der Waals surface area contributed by atoms with E-state index in [2.05, 4.69) is 395 Å². The van der Waals surface area contributed by atoms with Gasteiger partial charge in [-0.15, -0.1) is 0 Å². The van der Waals surface area contributed by atoms with Gasteiger partial charge in [-0.3, -0.25) is 0 Å². The normalized spacial score (nSPS) is 12.4. The molecule has 0 saturated carbocycles. The molecule has 0 amide bonds. The van der Waals surface area contributed by atoms with Crippen LogP contribution in [0.3, 0.4) is 0 Å². The fraction of sp³-hybridized carbons (Fsp3) is 0. The van der Waals surface area contributed by atoms with Gasteiger partial charge in [0.2, 0.25) is 0 Å². The van der Waals surface area contributed by atoms with Crippen molar-refractivity contribution >= 4 is 168 Å². The maximum absolute atomic E-state index is 2.99. The number of para-hydroxylation sites is 3. The molecule has 0 N–H and O–H groups in total. The highest BCUT2D eigenvalue weighted by Gasteiger charge is 2.45. The molecule has 4 heterocycles. The lowest BCUT2D eigenvalue weighted by Crippen LogP contribution is -2.74. The van der Waals surface area contributed by atoms with Gasteiger partial charge in [-0.25, -0.2) is 0 Å². The van der Waals surface area contributed by atoms with E-state index in [0.29, 0.717) is 0 Å². The zero-order valence-electron chi connectivity index (χ0n) is 52.7. The number of rotatable bonds is 12. The second kappa shape index (κ2) is 22.3. The Morgan fingerprint density at radius 3 is 0.625 bits per heavy atom. The number of nitrogens with zero attached hydrogens (tertiary/aromatic N) is 3. The molecule has 0 unspecified atom stereocenters. The SMILES string of the molecule is c1ccc([Si](c2ccccc2)(c2ccccc2)c2ccc3c(c2)c2cccc4c2n3c2ccccc2n2c3ccc([Si](c5ccccc5)(c5ccccc5)c5ccccc5)cc3c3ccc5c6cc([Si](c7ccccc7)(c7ccccc7)c7ccccc7)ccc6n4c5c32)cc1. The fourth-order valence-corrected chi connectivity index (χ4v) is 31.6. The quantitative estimate of drug-likeness (QED) is 0.0854. The molecule has 0 aliphatic heterocycles. The van der Waals surface area contributed by atoms with Gasteiger partial charge < -0.3 is 13.2 Å². The van der Waals surface area contributed by atoms with Crippen LogP contribution in [-0.4, -0.2) is 37.4 Å². The van der Waals surface area contributed by atoms with Crippen LogP contribution in [0.1, 0.15) is 0 Å². The molecule has 0 spiro atoms. The van der Waals surface area contributed by atoms with Gasteiger partial charge in [-0.2, -0.15) is 0 Å². The summed E-state index contributed by atoms with van der Waals surface area (Å²) in [7, 11) is -8.93.